The molecule has 0 fully saturated rings. The summed E-state index contributed by atoms with van der Waals surface area (Å²) >= 11 is 6.56. The third-order valence-electron chi connectivity index (χ3n) is 2.56. The zero-order chi connectivity index (χ0) is 13.8. The summed E-state index contributed by atoms with van der Waals surface area (Å²) in [4.78, 5) is 0. The molecule has 0 bridgehead atoms. The Labute approximate surface area is 128 Å². The van der Waals surface area contributed by atoms with Crippen LogP contribution in [0.1, 0.15) is 5.56 Å². The molecule has 0 aromatic heterocycles. The standard InChI is InChI=1S/C14H12Br2FNO/c15-10-1-4-14(9(7-10)5-6-18)19-11-2-3-13(17)12(16)8-11/h1-4,7-8H,5-6,18H2. The van der Waals surface area contributed by atoms with E-state index >= 15 is 0 Å². The van der Waals surface area contributed by atoms with Crippen molar-refractivity contribution in [3.05, 3.63) is 56.7 Å². The Morgan fingerprint density at radius 1 is 1.11 bits per heavy atom. The van der Waals surface area contributed by atoms with E-state index in [0.29, 0.717) is 16.8 Å². The fraction of sp³-hybridized carbons (Fsp3) is 0.143. The first kappa shape index (κ1) is 14.5. The molecule has 2 nitrogen and oxygen atoms in total. The summed E-state index contributed by atoms with van der Waals surface area (Å²) in [5.74, 6) is 0.992. The van der Waals surface area contributed by atoms with Gasteiger partial charge in [-0.1, -0.05) is 15.9 Å². The van der Waals surface area contributed by atoms with Crippen LogP contribution in [0.2, 0.25) is 0 Å². The van der Waals surface area contributed by atoms with E-state index in [4.69, 9.17) is 10.5 Å². The monoisotopic (exact) mass is 387 g/mol. The summed E-state index contributed by atoms with van der Waals surface area (Å²) in [5.41, 5.74) is 6.60. The van der Waals surface area contributed by atoms with Gasteiger partial charge in [0.25, 0.3) is 0 Å². The fourth-order valence-electron chi connectivity index (χ4n) is 1.67. The lowest BCUT2D eigenvalue weighted by molar-refractivity contribution is 0.473. The van der Waals surface area contributed by atoms with Gasteiger partial charge in [0, 0.05) is 4.47 Å². The molecule has 2 rings (SSSR count). The maximum absolute atomic E-state index is 13.2. The van der Waals surface area contributed by atoms with Gasteiger partial charge in [-0.2, -0.15) is 0 Å². The Morgan fingerprint density at radius 3 is 2.58 bits per heavy atom. The predicted octanol–water partition coefficient (Wildman–Crippen LogP) is 4.64. The quantitative estimate of drug-likeness (QED) is 0.827. The minimum Gasteiger partial charge on any atom is -0.457 e. The van der Waals surface area contributed by atoms with Gasteiger partial charge in [0.1, 0.15) is 17.3 Å². The van der Waals surface area contributed by atoms with E-state index in [1.54, 1.807) is 12.1 Å². The van der Waals surface area contributed by atoms with Gasteiger partial charge in [-0.25, -0.2) is 4.39 Å². The molecule has 2 aromatic rings. The topological polar surface area (TPSA) is 35.2 Å². The van der Waals surface area contributed by atoms with Crippen LogP contribution in [0.25, 0.3) is 0 Å². The van der Waals surface area contributed by atoms with Crippen LogP contribution >= 0.6 is 31.9 Å². The summed E-state index contributed by atoms with van der Waals surface area (Å²) in [6, 6.07) is 10.3. The van der Waals surface area contributed by atoms with Crippen LogP contribution < -0.4 is 10.5 Å². The van der Waals surface area contributed by atoms with Crippen LogP contribution in [0.15, 0.2) is 45.3 Å². The van der Waals surface area contributed by atoms with Crippen molar-refractivity contribution in [1.82, 2.24) is 0 Å². The SMILES string of the molecule is NCCc1cc(Br)ccc1Oc1ccc(F)c(Br)c1. The zero-order valence-electron chi connectivity index (χ0n) is 10.00. The van der Waals surface area contributed by atoms with E-state index in [1.807, 2.05) is 18.2 Å². The first-order chi connectivity index (χ1) is 9.10. The summed E-state index contributed by atoms with van der Waals surface area (Å²) in [7, 11) is 0. The summed E-state index contributed by atoms with van der Waals surface area (Å²) in [5, 5.41) is 0. The van der Waals surface area contributed by atoms with Crippen molar-refractivity contribution in [3.63, 3.8) is 0 Å². The molecule has 0 saturated heterocycles. The van der Waals surface area contributed by atoms with E-state index in [1.165, 1.54) is 6.07 Å². The van der Waals surface area contributed by atoms with Crippen molar-refractivity contribution in [2.45, 2.75) is 6.42 Å². The summed E-state index contributed by atoms with van der Waals surface area (Å²) in [6.07, 6.45) is 0.719. The molecule has 0 unspecified atom stereocenters. The highest BCUT2D eigenvalue weighted by atomic mass is 79.9. The lowest BCUT2D eigenvalue weighted by Gasteiger charge is -2.11. The van der Waals surface area contributed by atoms with Gasteiger partial charge < -0.3 is 10.5 Å². The van der Waals surface area contributed by atoms with E-state index < -0.39 is 0 Å². The van der Waals surface area contributed by atoms with Gasteiger partial charge in [0.2, 0.25) is 0 Å². The summed E-state index contributed by atoms with van der Waals surface area (Å²) < 4.78 is 20.3. The first-order valence-corrected chi connectivity index (χ1v) is 7.30. The number of nitrogens with two attached hydrogens (primary N) is 1. The molecule has 0 saturated carbocycles. The lowest BCUT2D eigenvalue weighted by Crippen LogP contribution is -2.04. The van der Waals surface area contributed by atoms with Crippen LogP contribution in [-0.4, -0.2) is 6.54 Å². The number of ether oxygens (including phenoxy) is 1. The lowest BCUT2D eigenvalue weighted by atomic mass is 10.1. The molecule has 0 amide bonds. The summed E-state index contributed by atoms with van der Waals surface area (Å²) in [6.45, 7) is 0.542. The van der Waals surface area contributed by atoms with Gasteiger partial charge >= 0.3 is 0 Å². The normalized spacial score (nSPS) is 10.5. The smallest absolute Gasteiger partial charge is 0.137 e. The maximum atomic E-state index is 13.2. The second kappa shape index (κ2) is 6.50. The van der Waals surface area contributed by atoms with Crippen molar-refractivity contribution in [1.29, 1.82) is 0 Å². The van der Waals surface area contributed by atoms with Crippen molar-refractivity contribution in [3.8, 4) is 11.5 Å². The molecule has 19 heavy (non-hydrogen) atoms. The largest absolute Gasteiger partial charge is 0.457 e. The maximum Gasteiger partial charge on any atom is 0.137 e. The highest BCUT2D eigenvalue weighted by Crippen LogP contribution is 2.30. The van der Waals surface area contributed by atoms with Gasteiger partial charge in [0.15, 0.2) is 0 Å². The average molecular weight is 389 g/mol. The second-order valence-electron chi connectivity index (χ2n) is 3.97. The molecule has 5 heteroatoms. The highest BCUT2D eigenvalue weighted by Gasteiger charge is 2.07. The van der Waals surface area contributed by atoms with E-state index in [2.05, 4.69) is 31.9 Å². The molecular weight excluding hydrogens is 377 g/mol. The Kier molecular flexibility index (Phi) is 4.96. The van der Waals surface area contributed by atoms with Crippen LogP contribution in [0.3, 0.4) is 0 Å². The Hall–Kier alpha value is -0.910. The van der Waals surface area contributed by atoms with Crippen LogP contribution in [-0.2, 0) is 6.42 Å². The van der Waals surface area contributed by atoms with Crippen molar-refractivity contribution in [2.24, 2.45) is 5.73 Å². The van der Waals surface area contributed by atoms with E-state index in [-0.39, 0.29) is 5.82 Å². The molecule has 0 heterocycles. The highest BCUT2D eigenvalue weighted by molar-refractivity contribution is 9.10. The number of hydrogen-bond donors (Lipinski definition) is 1. The Balaban J connectivity index is 2.29. The minimum absolute atomic E-state index is 0.315. The van der Waals surface area contributed by atoms with Gasteiger partial charge in [-0.05, 0) is 70.9 Å². The average Bonchev–Trinajstić information content (AvgIpc) is 2.37. The second-order valence-corrected chi connectivity index (χ2v) is 5.74. The molecule has 100 valence electrons. The van der Waals surface area contributed by atoms with Gasteiger partial charge in [0.05, 0.1) is 4.47 Å². The van der Waals surface area contributed by atoms with Gasteiger partial charge in [-0.15, -0.1) is 0 Å². The van der Waals surface area contributed by atoms with Crippen molar-refractivity contribution < 1.29 is 9.13 Å². The molecule has 0 radical (unpaired) electrons. The van der Waals surface area contributed by atoms with Crippen LogP contribution in [0, 0.1) is 5.82 Å². The van der Waals surface area contributed by atoms with Crippen molar-refractivity contribution >= 4 is 31.9 Å². The molecular formula is C14H12Br2FNO. The van der Waals surface area contributed by atoms with Crippen molar-refractivity contribution in [2.75, 3.05) is 6.54 Å². The molecule has 0 aliphatic rings. The number of halogens is 3. The predicted molar refractivity (Wildman–Crippen MR) is 81.1 cm³/mol. The van der Waals surface area contributed by atoms with Crippen LogP contribution in [0.5, 0.6) is 11.5 Å². The molecule has 2 aromatic carbocycles. The number of hydrogen-bond acceptors (Lipinski definition) is 2. The Morgan fingerprint density at radius 2 is 1.89 bits per heavy atom. The molecule has 2 N–H and O–H groups in total. The van der Waals surface area contributed by atoms with E-state index in [9.17, 15) is 4.39 Å². The van der Waals surface area contributed by atoms with Crippen LogP contribution in [0.4, 0.5) is 4.39 Å². The molecule has 0 atom stereocenters. The Bertz CT molecular complexity index is 590. The van der Waals surface area contributed by atoms with Gasteiger partial charge in [-0.3, -0.25) is 0 Å². The molecule has 0 spiro atoms. The number of benzene rings is 2. The number of rotatable bonds is 4. The zero-order valence-corrected chi connectivity index (χ0v) is 13.2. The third kappa shape index (κ3) is 3.78. The molecule has 0 aliphatic heterocycles. The van der Waals surface area contributed by atoms with E-state index in [0.717, 1.165) is 22.2 Å². The molecule has 0 aliphatic carbocycles. The third-order valence-corrected chi connectivity index (χ3v) is 3.66. The first-order valence-electron chi connectivity index (χ1n) is 5.71. The fourth-order valence-corrected chi connectivity index (χ4v) is 2.43. The minimum atomic E-state index is -0.315.